The van der Waals surface area contributed by atoms with Crippen molar-refractivity contribution in [1.29, 1.82) is 0 Å². The monoisotopic (exact) mass is 263 g/mol. The van der Waals surface area contributed by atoms with Crippen molar-refractivity contribution in [1.82, 2.24) is 4.98 Å². The van der Waals surface area contributed by atoms with Crippen molar-refractivity contribution >= 4 is 34.5 Å². The number of carbonyl (C=O) groups is 1. The Labute approximate surface area is 110 Å². The van der Waals surface area contributed by atoms with E-state index in [1.54, 1.807) is 13.0 Å². The maximum Gasteiger partial charge on any atom is 0.354 e. The number of aromatic amines is 1. The third-order valence-corrected chi connectivity index (χ3v) is 2.72. The smallest absolute Gasteiger partial charge is 0.354 e. The average molecular weight is 264 g/mol. The lowest BCUT2D eigenvalue weighted by molar-refractivity contribution is 0.0520. The average Bonchev–Trinajstić information content (AvgIpc) is 2.79. The van der Waals surface area contributed by atoms with Gasteiger partial charge in [0.2, 0.25) is 0 Å². The summed E-state index contributed by atoms with van der Waals surface area (Å²) in [6.45, 7) is 2.16. The van der Waals surface area contributed by atoms with Gasteiger partial charge in [-0.3, -0.25) is 0 Å². The summed E-state index contributed by atoms with van der Waals surface area (Å²) in [6.07, 6.45) is 3.81. The minimum Gasteiger partial charge on any atom is -0.461 e. The first-order chi connectivity index (χ1) is 8.74. The standard InChI is InChI=1S/C14H14ClNO2/c1-2-18-14(17)13-9-11-6-5-10(4-3-7-15)8-12(11)16-13/h3-6,8-9,16H,2,7H2,1H3. The number of hydrogen-bond acceptors (Lipinski definition) is 2. The molecular weight excluding hydrogens is 250 g/mol. The highest BCUT2D eigenvalue weighted by atomic mass is 35.5. The van der Waals surface area contributed by atoms with Gasteiger partial charge < -0.3 is 9.72 Å². The fourth-order valence-electron chi connectivity index (χ4n) is 1.75. The second-order valence-electron chi connectivity index (χ2n) is 3.81. The molecule has 4 heteroatoms. The van der Waals surface area contributed by atoms with E-state index in [4.69, 9.17) is 16.3 Å². The van der Waals surface area contributed by atoms with Gasteiger partial charge in [-0.1, -0.05) is 24.3 Å². The molecule has 1 aromatic carbocycles. The summed E-state index contributed by atoms with van der Waals surface area (Å²) in [5.74, 6) is 0.156. The highest BCUT2D eigenvalue weighted by Crippen LogP contribution is 2.18. The molecule has 2 rings (SSSR count). The van der Waals surface area contributed by atoms with Crippen LogP contribution in [0.1, 0.15) is 23.0 Å². The molecule has 0 aliphatic carbocycles. The molecular formula is C14H14ClNO2. The fourth-order valence-corrected chi connectivity index (χ4v) is 1.84. The van der Waals surface area contributed by atoms with E-state index < -0.39 is 0 Å². The Hall–Kier alpha value is -1.74. The Morgan fingerprint density at radius 2 is 2.28 bits per heavy atom. The number of alkyl halides is 1. The molecule has 2 aromatic rings. The van der Waals surface area contributed by atoms with Crippen LogP contribution in [-0.4, -0.2) is 23.4 Å². The van der Waals surface area contributed by atoms with E-state index >= 15 is 0 Å². The Balaban J connectivity index is 2.33. The molecule has 1 aromatic heterocycles. The van der Waals surface area contributed by atoms with Crippen molar-refractivity contribution in [2.75, 3.05) is 12.5 Å². The van der Waals surface area contributed by atoms with Crippen LogP contribution in [0.15, 0.2) is 30.3 Å². The van der Waals surface area contributed by atoms with Crippen LogP contribution < -0.4 is 0 Å². The number of nitrogens with one attached hydrogen (secondary N) is 1. The Kier molecular flexibility index (Phi) is 4.05. The molecule has 1 N–H and O–H groups in total. The second-order valence-corrected chi connectivity index (χ2v) is 4.12. The maximum atomic E-state index is 11.6. The van der Waals surface area contributed by atoms with Crippen molar-refractivity contribution in [3.63, 3.8) is 0 Å². The van der Waals surface area contributed by atoms with Gasteiger partial charge in [0.05, 0.1) is 6.61 Å². The number of esters is 1. The molecule has 0 amide bonds. The van der Waals surface area contributed by atoms with E-state index in [1.165, 1.54) is 0 Å². The van der Waals surface area contributed by atoms with Gasteiger partial charge in [0, 0.05) is 16.8 Å². The van der Waals surface area contributed by atoms with Crippen molar-refractivity contribution < 1.29 is 9.53 Å². The predicted octanol–water partition coefficient (Wildman–Crippen LogP) is 3.60. The molecule has 0 aliphatic heterocycles. The number of benzene rings is 1. The van der Waals surface area contributed by atoms with Crippen LogP contribution in [0.4, 0.5) is 0 Å². The molecule has 0 spiro atoms. The zero-order valence-corrected chi connectivity index (χ0v) is 10.8. The first-order valence-corrected chi connectivity index (χ1v) is 6.30. The Morgan fingerprint density at radius 1 is 1.44 bits per heavy atom. The summed E-state index contributed by atoms with van der Waals surface area (Å²) in [5.41, 5.74) is 2.43. The molecule has 0 atom stereocenters. The molecule has 0 radical (unpaired) electrons. The molecule has 18 heavy (non-hydrogen) atoms. The van der Waals surface area contributed by atoms with Crippen LogP contribution in [0.5, 0.6) is 0 Å². The molecule has 0 saturated heterocycles. The quantitative estimate of drug-likeness (QED) is 0.676. The van der Waals surface area contributed by atoms with Gasteiger partial charge in [-0.15, -0.1) is 11.6 Å². The first-order valence-electron chi connectivity index (χ1n) is 5.77. The minimum atomic E-state index is -0.327. The summed E-state index contributed by atoms with van der Waals surface area (Å²) in [4.78, 5) is 14.6. The summed E-state index contributed by atoms with van der Waals surface area (Å²) in [5, 5.41) is 0.987. The second kappa shape index (κ2) is 5.74. The molecule has 0 unspecified atom stereocenters. The van der Waals surface area contributed by atoms with Gasteiger partial charge in [-0.05, 0) is 24.6 Å². The van der Waals surface area contributed by atoms with Crippen LogP contribution >= 0.6 is 11.6 Å². The van der Waals surface area contributed by atoms with E-state index in [1.807, 2.05) is 30.4 Å². The molecule has 0 aliphatic rings. The van der Waals surface area contributed by atoms with Crippen molar-refractivity contribution in [2.24, 2.45) is 0 Å². The summed E-state index contributed by atoms with van der Waals surface area (Å²) in [6, 6.07) is 7.71. The lowest BCUT2D eigenvalue weighted by Crippen LogP contribution is -2.04. The summed E-state index contributed by atoms with van der Waals surface area (Å²) >= 11 is 5.59. The molecule has 0 bridgehead atoms. The largest absolute Gasteiger partial charge is 0.461 e. The lowest BCUT2D eigenvalue weighted by Gasteiger charge is -1.96. The number of allylic oxidation sites excluding steroid dienone is 1. The van der Waals surface area contributed by atoms with E-state index in [0.717, 1.165) is 16.5 Å². The first kappa shape index (κ1) is 12.7. The Morgan fingerprint density at radius 3 is 3.00 bits per heavy atom. The topological polar surface area (TPSA) is 42.1 Å². The van der Waals surface area contributed by atoms with Gasteiger partial charge in [0.15, 0.2) is 0 Å². The normalized spacial score (nSPS) is 11.2. The minimum absolute atomic E-state index is 0.327. The van der Waals surface area contributed by atoms with Crippen molar-refractivity contribution in [2.45, 2.75) is 6.92 Å². The van der Waals surface area contributed by atoms with Gasteiger partial charge >= 0.3 is 5.97 Å². The molecule has 3 nitrogen and oxygen atoms in total. The van der Waals surface area contributed by atoms with E-state index in [0.29, 0.717) is 18.2 Å². The predicted molar refractivity (Wildman–Crippen MR) is 74.0 cm³/mol. The number of fused-ring (bicyclic) bond motifs is 1. The third-order valence-electron chi connectivity index (χ3n) is 2.54. The fraction of sp³-hybridized carbons (Fsp3) is 0.214. The van der Waals surface area contributed by atoms with Crippen LogP contribution in [0.25, 0.3) is 17.0 Å². The number of rotatable bonds is 4. The van der Waals surface area contributed by atoms with E-state index in [-0.39, 0.29) is 5.97 Å². The summed E-state index contributed by atoms with van der Waals surface area (Å²) in [7, 11) is 0. The van der Waals surface area contributed by atoms with Gasteiger partial charge in [-0.25, -0.2) is 4.79 Å². The number of carbonyl (C=O) groups excluding carboxylic acids is 1. The van der Waals surface area contributed by atoms with Crippen LogP contribution in [-0.2, 0) is 4.74 Å². The highest BCUT2D eigenvalue weighted by molar-refractivity contribution is 6.19. The van der Waals surface area contributed by atoms with Crippen LogP contribution in [0.3, 0.4) is 0 Å². The van der Waals surface area contributed by atoms with Gasteiger partial charge in [0.25, 0.3) is 0 Å². The molecule has 0 saturated carbocycles. The molecule has 1 heterocycles. The number of H-pyrrole nitrogens is 1. The zero-order valence-electron chi connectivity index (χ0n) is 10.1. The van der Waals surface area contributed by atoms with Crippen LogP contribution in [0.2, 0.25) is 0 Å². The summed E-state index contributed by atoms with van der Waals surface area (Å²) < 4.78 is 4.95. The van der Waals surface area contributed by atoms with Crippen molar-refractivity contribution in [3.8, 4) is 0 Å². The molecule has 94 valence electrons. The SMILES string of the molecule is CCOC(=O)c1cc2ccc(C=CCCl)cc2[nH]1. The van der Waals surface area contributed by atoms with Crippen LogP contribution in [0, 0.1) is 0 Å². The van der Waals surface area contributed by atoms with Gasteiger partial charge in [0.1, 0.15) is 5.69 Å². The number of ether oxygens (including phenoxy) is 1. The van der Waals surface area contributed by atoms with Gasteiger partial charge in [-0.2, -0.15) is 0 Å². The third kappa shape index (κ3) is 2.74. The number of aromatic nitrogens is 1. The zero-order chi connectivity index (χ0) is 13.0. The maximum absolute atomic E-state index is 11.6. The highest BCUT2D eigenvalue weighted by Gasteiger charge is 2.09. The molecule has 0 fully saturated rings. The van der Waals surface area contributed by atoms with E-state index in [2.05, 4.69) is 4.98 Å². The number of halogens is 1. The Bertz CT molecular complexity index is 586. The number of hydrogen-bond donors (Lipinski definition) is 1. The van der Waals surface area contributed by atoms with Crippen molar-refractivity contribution in [3.05, 3.63) is 41.6 Å². The lowest BCUT2D eigenvalue weighted by atomic mass is 10.1. The van der Waals surface area contributed by atoms with E-state index in [9.17, 15) is 4.79 Å².